The number of amides is 1. The van der Waals surface area contributed by atoms with E-state index in [1.807, 2.05) is 42.0 Å². The molecule has 0 fully saturated rings. The summed E-state index contributed by atoms with van der Waals surface area (Å²) in [5.74, 6) is 1.40. The smallest absolute Gasteiger partial charge is 0.236 e. The third kappa shape index (κ3) is 6.28. The molecule has 1 amide bonds. The lowest BCUT2D eigenvalue weighted by atomic mass is 10.1. The van der Waals surface area contributed by atoms with E-state index in [1.54, 1.807) is 24.3 Å². The highest BCUT2D eigenvalue weighted by Gasteiger charge is 2.16. The summed E-state index contributed by atoms with van der Waals surface area (Å²) in [6.45, 7) is 8.64. The minimum absolute atomic E-state index is 0.143. The molecule has 7 nitrogen and oxygen atoms in total. The Balaban J connectivity index is 1.37. The minimum atomic E-state index is -0.204. The van der Waals surface area contributed by atoms with Gasteiger partial charge in [-0.15, -0.1) is 28.1 Å². The van der Waals surface area contributed by atoms with E-state index >= 15 is 0 Å². The van der Waals surface area contributed by atoms with Crippen molar-refractivity contribution >= 4 is 57.3 Å². The monoisotopic (exact) mass is 559 g/mol. The Morgan fingerprint density at radius 2 is 2.08 bits per heavy atom. The zero-order chi connectivity index (χ0) is 25.7. The van der Waals surface area contributed by atoms with Crippen LogP contribution < -0.4 is 10.1 Å². The van der Waals surface area contributed by atoms with Crippen molar-refractivity contribution in [2.45, 2.75) is 32.2 Å². The zero-order valence-electron chi connectivity index (χ0n) is 19.6. The lowest BCUT2D eigenvalue weighted by Crippen LogP contribution is -2.15. The van der Waals surface area contributed by atoms with Crippen LogP contribution in [-0.4, -0.2) is 31.4 Å². The number of ether oxygens (including phenoxy) is 1. The molecule has 0 unspecified atom stereocenters. The Hall–Kier alpha value is -2.85. The van der Waals surface area contributed by atoms with Crippen LogP contribution in [0.15, 0.2) is 59.6 Å². The van der Waals surface area contributed by atoms with Crippen molar-refractivity contribution in [1.82, 2.24) is 19.7 Å². The molecule has 2 aromatic carbocycles. The van der Waals surface area contributed by atoms with Crippen molar-refractivity contribution in [1.29, 1.82) is 0 Å². The Morgan fingerprint density at radius 3 is 2.86 bits per heavy atom. The summed E-state index contributed by atoms with van der Waals surface area (Å²) in [6, 6.07) is 11.1. The molecule has 0 atom stereocenters. The van der Waals surface area contributed by atoms with Gasteiger partial charge >= 0.3 is 0 Å². The number of nitrogens with zero attached hydrogens (tertiary/aromatic N) is 4. The molecule has 186 valence electrons. The van der Waals surface area contributed by atoms with Crippen molar-refractivity contribution in [2.24, 2.45) is 0 Å². The average Bonchev–Trinajstić information content (AvgIpc) is 3.46. The normalized spacial score (nSPS) is 10.9. The molecule has 0 radical (unpaired) electrons. The van der Waals surface area contributed by atoms with Gasteiger partial charge in [0.05, 0.1) is 16.5 Å². The number of benzene rings is 2. The van der Waals surface area contributed by atoms with Gasteiger partial charge in [0.25, 0.3) is 0 Å². The predicted octanol–water partition coefficient (Wildman–Crippen LogP) is 6.82. The molecule has 2 aromatic heterocycles. The van der Waals surface area contributed by atoms with E-state index in [1.165, 1.54) is 23.1 Å². The van der Waals surface area contributed by atoms with Crippen molar-refractivity contribution in [3.63, 3.8) is 0 Å². The topological polar surface area (TPSA) is 81.9 Å². The average molecular weight is 561 g/mol. The number of allylic oxidation sites excluding steroid dienone is 1. The molecule has 0 aliphatic carbocycles. The highest BCUT2D eigenvalue weighted by atomic mass is 35.5. The molecule has 4 aromatic rings. The van der Waals surface area contributed by atoms with Crippen LogP contribution in [0, 0.1) is 13.8 Å². The summed E-state index contributed by atoms with van der Waals surface area (Å²) in [5.41, 5.74) is 3.66. The SMILES string of the molecule is C=CCn1c(COc2cccc(C)c2C)nnc1SCC(=O)Nc1nc(-c2ccc(Cl)cc2Cl)cs1. The molecule has 1 N–H and O–H groups in total. The number of anilines is 1. The van der Waals surface area contributed by atoms with Gasteiger partial charge < -0.3 is 10.1 Å². The van der Waals surface area contributed by atoms with Gasteiger partial charge in [-0.3, -0.25) is 9.36 Å². The molecule has 0 aliphatic heterocycles. The maximum Gasteiger partial charge on any atom is 0.236 e. The minimum Gasteiger partial charge on any atom is -0.485 e. The standard InChI is InChI=1S/C25H23Cl2N5O2S2/c1-4-10-32-22(12-34-21-7-5-6-15(2)16(21)3)30-31-25(32)36-14-23(33)29-24-28-20(13-35-24)18-9-8-17(26)11-19(18)27/h4-9,11,13H,1,10,12,14H2,2-3H3,(H,28,29,33). The molecule has 0 spiro atoms. The van der Waals surface area contributed by atoms with Gasteiger partial charge in [-0.05, 0) is 49.2 Å². The number of aromatic nitrogens is 4. The lowest BCUT2D eigenvalue weighted by Gasteiger charge is -2.12. The maximum atomic E-state index is 12.6. The fourth-order valence-electron chi connectivity index (χ4n) is 3.31. The molecule has 36 heavy (non-hydrogen) atoms. The van der Waals surface area contributed by atoms with Gasteiger partial charge in [-0.25, -0.2) is 4.98 Å². The summed E-state index contributed by atoms with van der Waals surface area (Å²) >= 11 is 14.8. The number of nitrogens with one attached hydrogen (secondary N) is 1. The van der Waals surface area contributed by atoms with Crippen LogP contribution >= 0.6 is 46.3 Å². The highest BCUT2D eigenvalue weighted by Crippen LogP contribution is 2.32. The van der Waals surface area contributed by atoms with Crippen LogP contribution in [0.4, 0.5) is 5.13 Å². The van der Waals surface area contributed by atoms with E-state index in [2.05, 4.69) is 27.1 Å². The van der Waals surface area contributed by atoms with Gasteiger partial charge in [0.15, 0.2) is 16.1 Å². The molecule has 4 rings (SSSR count). The van der Waals surface area contributed by atoms with Gasteiger partial charge in [0, 0.05) is 22.5 Å². The number of thiazole rings is 1. The van der Waals surface area contributed by atoms with Crippen LogP contribution in [0.1, 0.15) is 17.0 Å². The first-order valence-electron chi connectivity index (χ1n) is 10.9. The van der Waals surface area contributed by atoms with E-state index < -0.39 is 0 Å². The second-order valence-corrected chi connectivity index (χ2v) is 10.4. The molecular formula is C25H23Cl2N5O2S2. The quantitative estimate of drug-likeness (QED) is 0.169. The number of hydrogen-bond acceptors (Lipinski definition) is 7. The fraction of sp³-hybridized carbons (Fsp3) is 0.200. The van der Waals surface area contributed by atoms with Crippen LogP contribution in [-0.2, 0) is 17.9 Å². The summed E-state index contributed by atoms with van der Waals surface area (Å²) < 4.78 is 7.88. The number of aryl methyl sites for hydroxylation is 1. The lowest BCUT2D eigenvalue weighted by molar-refractivity contribution is -0.113. The van der Waals surface area contributed by atoms with Crippen molar-refractivity contribution < 1.29 is 9.53 Å². The Morgan fingerprint density at radius 1 is 1.25 bits per heavy atom. The summed E-state index contributed by atoms with van der Waals surface area (Å²) in [7, 11) is 0. The molecule has 0 saturated heterocycles. The van der Waals surface area contributed by atoms with Gasteiger partial charge in [0.2, 0.25) is 5.91 Å². The van der Waals surface area contributed by atoms with E-state index in [0.717, 1.165) is 22.4 Å². The Labute approximate surface area is 227 Å². The van der Waals surface area contributed by atoms with Crippen LogP contribution in [0.25, 0.3) is 11.3 Å². The first-order chi connectivity index (χ1) is 17.4. The van der Waals surface area contributed by atoms with E-state index in [-0.39, 0.29) is 18.3 Å². The number of carbonyl (C=O) groups is 1. The predicted molar refractivity (Wildman–Crippen MR) is 147 cm³/mol. The largest absolute Gasteiger partial charge is 0.485 e. The molecular weight excluding hydrogens is 537 g/mol. The van der Waals surface area contributed by atoms with Gasteiger partial charge in [0.1, 0.15) is 12.4 Å². The van der Waals surface area contributed by atoms with E-state index in [9.17, 15) is 4.79 Å². The number of hydrogen-bond donors (Lipinski definition) is 1. The molecule has 11 heteroatoms. The third-order valence-electron chi connectivity index (χ3n) is 5.31. The third-order valence-corrected chi connectivity index (χ3v) is 7.58. The number of halogens is 2. The van der Waals surface area contributed by atoms with E-state index in [0.29, 0.717) is 38.4 Å². The first-order valence-corrected chi connectivity index (χ1v) is 13.5. The maximum absolute atomic E-state index is 12.6. The summed E-state index contributed by atoms with van der Waals surface area (Å²) in [5, 5.41) is 15.3. The van der Waals surface area contributed by atoms with E-state index in [4.69, 9.17) is 27.9 Å². The number of thioether (sulfide) groups is 1. The molecule has 0 saturated carbocycles. The van der Waals surface area contributed by atoms with Crippen molar-refractivity contribution in [2.75, 3.05) is 11.1 Å². The summed E-state index contributed by atoms with van der Waals surface area (Å²) in [4.78, 5) is 17.1. The van der Waals surface area contributed by atoms with Crippen LogP contribution in [0.5, 0.6) is 5.75 Å². The summed E-state index contributed by atoms with van der Waals surface area (Å²) in [6.07, 6.45) is 1.76. The van der Waals surface area contributed by atoms with Gasteiger partial charge in [-0.2, -0.15) is 0 Å². The first kappa shape index (κ1) is 26.2. The highest BCUT2D eigenvalue weighted by molar-refractivity contribution is 7.99. The second-order valence-electron chi connectivity index (χ2n) is 7.78. The Bertz CT molecular complexity index is 1400. The van der Waals surface area contributed by atoms with Crippen LogP contribution in [0.3, 0.4) is 0 Å². The molecule has 0 aliphatic rings. The number of rotatable bonds is 10. The molecule has 0 bridgehead atoms. The molecule has 2 heterocycles. The Kier molecular flexibility index (Phi) is 8.68. The van der Waals surface area contributed by atoms with Crippen molar-refractivity contribution in [3.05, 3.63) is 81.4 Å². The number of carbonyl (C=O) groups excluding carboxylic acids is 1. The van der Waals surface area contributed by atoms with Crippen molar-refractivity contribution in [3.8, 4) is 17.0 Å². The zero-order valence-corrected chi connectivity index (χ0v) is 22.8. The van der Waals surface area contributed by atoms with Crippen LogP contribution in [0.2, 0.25) is 10.0 Å². The van der Waals surface area contributed by atoms with Gasteiger partial charge in [-0.1, -0.05) is 53.2 Å². The fourth-order valence-corrected chi connectivity index (χ4v) is 5.30. The second kappa shape index (κ2) is 11.9.